The summed E-state index contributed by atoms with van der Waals surface area (Å²) in [6.07, 6.45) is 0.516. The van der Waals surface area contributed by atoms with E-state index in [0.29, 0.717) is 0 Å². The Kier molecular flexibility index (Phi) is 4.85. The molecule has 0 saturated heterocycles. The fraction of sp³-hybridized carbons (Fsp3) is 0.333. The summed E-state index contributed by atoms with van der Waals surface area (Å²) in [5.74, 6) is 0. The monoisotopic (exact) mass is 210 g/mol. The van der Waals surface area contributed by atoms with Gasteiger partial charge in [-0.25, -0.2) is 0 Å². The zero-order valence-corrected chi connectivity index (χ0v) is 8.08. The third kappa shape index (κ3) is 4.18. The molecule has 0 unspecified atom stereocenters. The van der Waals surface area contributed by atoms with Gasteiger partial charge in [-0.1, -0.05) is 29.8 Å². The van der Waals surface area contributed by atoms with Crippen molar-refractivity contribution in [2.75, 3.05) is 0 Å². The molecule has 0 rings (SSSR count). The van der Waals surface area contributed by atoms with E-state index < -0.39 is 11.7 Å². The molecular formula is C9H10ClF3. The lowest BCUT2D eigenvalue weighted by Gasteiger charge is -2.08. The molecule has 0 N–H and O–H groups in total. The van der Waals surface area contributed by atoms with E-state index in [1.54, 1.807) is 6.92 Å². The van der Waals surface area contributed by atoms with Gasteiger partial charge >= 0.3 is 6.18 Å². The fourth-order valence-electron chi connectivity index (χ4n) is 0.712. The predicted octanol–water partition coefficient (Wildman–Crippen LogP) is 4.19. The summed E-state index contributed by atoms with van der Waals surface area (Å²) in [6, 6.07) is 0. The highest BCUT2D eigenvalue weighted by Crippen LogP contribution is 2.31. The summed E-state index contributed by atoms with van der Waals surface area (Å²) in [7, 11) is 0. The van der Waals surface area contributed by atoms with Gasteiger partial charge in [-0.3, -0.25) is 0 Å². The summed E-state index contributed by atoms with van der Waals surface area (Å²) in [5.41, 5.74) is -0.824. The van der Waals surface area contributed by atoms with Crippen LogP contribution in [0, 0.1) is 0 Å². The first kappa shape index (κ1) is 12.3. The average Bonchev–Trinajstić information content (AvgIpc) is 1.98. The van der Waals surface area contributed by atoms with E-state index in [9.17, 15) is 13.2 Å². The summed E-state index contributed by atoms with van der Waals surface area (Å²) in [5, 5.41) is -0.298. The Labute approximate surface area is 80.4 Å². The van der Waals surface area contributed by atoms with Crippen molar-refractivity contribution in [2.45, 2.75) is 20.0 Å². The molecule has 0 bridgehead atoms. The quantitative estimate of drug-likeness (QED) is 0.600. The maximum absolute atomic E-state index is 12.3. The van der Waals surface area contributed by atoms with Gasteiger partial charge in [0.1, 0.15) is 0 Å². The van der Waals surface area contributed by atoms with Crippen molar-refractivity contribution < 1.29 is 13.2 Å². The Hall–Kier alpha value is -0.700. The van der Waals surface area contributed by atoms with E-state index in [1.165, 1.54) is 25.2 Å². The van der Waals surface area contributed by atoms with Crippen LogP contribution >= 0.6 is 11.6 Å². The molecule has 0 aliphatic heterocycles. The SMILES string of the molecule is C\C=C/C(=C(Cl)\C=C\C)C(F)(F)F. The molecule has 0 saturated carbocycles. The third-order valence-electron chi connectivity index (χ3n) is 1.21. The van der Waals surface area contributed by atoms with Gasteiger partial charge in [0.15, 0.2) is 0 Å². The van der Waals surface area contributed by atoms with Crippen molar-refractivity contribution >= 4 is 11.6 Å². The minimum Gasteiger partial charge on any atom is -0.166 e. The summed E-state index contributed by atoms with van der Waals surface area (Å²) in [6.45, 7) is 3.11. The average molecular weight is 211 g/mol. The smallest absolute Gasteiger partial charge is 0.166 e. The molecule has 0 aliphatic rings. The normalized spacial score (nSPS) is 15.5. The molecule has 4 heteroatoms. The number of allylic oxidation sites excluding steroid dienone is 6. The van der Waals surface area contributed by atoms with Crippen LogP contribution < -0.4 is 0 Å². The Balaban J connectivity index is 5.12. The Morgan fingerprint density at radius 3 is 1.85 bits per heavy atom. The van der Waals surface area contributed by atoms with Gasteiger partial charge in [0.25, 0.3) is 0 Å². The van der Waals surface area contributed by atoms with Crippen LogP contribution in [0.3, 0.4) is 0 Å². The summed E-state index contributed by atoms with van der Waals surface area (Å²) in [4.78, 5) is 0. The van der Waals surface area contributed by atoms with Gasteiger partial charge in [-0.05, 0) is 19.9 Å². The first-order chi connectivity index (χ1) is 5.93. The second-order valence-electron chi connectivity index (χ2n) is 2.26. The molecule has 0 aromatic rings. The van der Waals surface area contributed by atoms with Crippen LogP contribution in [-0.4, -0.2) is 6.18 Å². The second-order valence-corrected chi connectivity index (χ2v) is 2.67. The van der Waals surface area contributed by atoms with E-state index in [2.05, 4.69) is 0 Å². The van der Waals surface area contributed by atoms with Crippen molar-refractivity contribution in [3.8, 4) is 0 Å². The van der Waals surface area contributed by atoms with Gasteiger partial charge in [0.05, 0.1) is 10.6 Å². The predicted molar refractivity (Wildman–Crippen MR) is 48.6 cm³/mol. The molecule has 0 radical (unpaired) electrons. The lowest BCUT2D eigenvalue weighted by molar-refractivity contribution is -0.0884. The van der Waals surface area contributed by atoms with Crippen molar-refractivity contribution in [3.63, 3.8) is 0 Å². The molecule has 0 fully saturated rings. The lowest BCUT2D eigenvalue weighted by atomic mass is 10.2. The molecule has 0 aliphatic carbocycles. The van der Waals surface area contributed by atoms with E-state index in [1.807, 2.05) is 0 Å². The van der Waals surface area contributed by atoms with Gasteiger partial charge in [0, 0.05) is 0 Å². The van der Waals surface area contributed by atoms with Gasteiger partial charge in [-0.2, -0.15) is 13.2 Å². The summed E-state index contributed by atoms with van der Waals surface area (Å²) >= 11 is 5.43. The number of hydrogen-bond donors (Lipinski definition) is 0. The highest BCUT2D eigenvalue weighted by molar-refractivity contribution is 6.31. The molecule has 0 spiro atoms. The largest absolute Gasteiger partial charge is 0.417 e. The first-order valence-electron chi connectivity index (χ1n) is 3.65. The van der Waals surface area contributed by atoms with Crippen LogP contribution in [0.4, 0.5) is 13.2 Å². The van der Waals surface area contributed by atoms with Crippen molar-refractivity contribution in [1.82, 2.24) is 0 Å². The zero-order valence-electron chi connectivity index (χ0n) is 7.32. The zero-order chi connectivity index (χ0) is 10.5. The number of alkyl halides is 3. The molecule has 13 heavy (non-hydrogen) atoms. The molecule has 0 amide bonds. The molecule has 0 nitrogen and oxygen atoms in total. The molecular weight excluding hydrogens is 201 g/mol. The number of rotatable bonds is 2. The molecule has 74 valence electrons. The number of hydrogen-bond acceptors (Lipinski definition) is 0. The van der Waals surface area contributed by atoms with Crippen LogP contribution in [0.1, 0.15) is 13.8 Å². The number of halogens is 4. The van der Waals surface area contributed by atoms with E-state index in [0.717, 1.165) is 6.08 Å². The highest BCUT2D eigenvalue weighted by Gasteiger charge is 2.33. The lowest BCUT2D eigenvalue weighted by Crippen LogP contribution is -2.10. The van der Waals surface area contributed by atoms with E-state index >= 15 is 0 Å². The third-order valence-corrected chi connectivity index (χ3v) is 1.54. The Morgan fingerprint density at radius 1 is 1.08 bits per heavy atom. The Morgan fingerprint density at radius 2 is 1.54 bits per heavy atom. The van der Waals surface area contributed by atoms with Gasteiger partial charge in [-0.15, -0.1) is 0 Å². The minimum atomic E-state index is -4.40. The van der Waals surface area contributed by atoms with Crippen molar-refractivity contribution in [1.29, 1.82) is 0 Å². The fourth-order valence-corrected chi connectivity index (χ4v) is 1.01. The molecule has 0 aromatic heterocycles. The maximum Gasteiger partial charge on any atom is 0.417 e. The van der Waals surface area contributed by atoms with Crippen LogP contribution in [0.2, 0.25) is 0 Å². The van der Waals surface area contributed by atoms with Gasteiger partial charge < -0.3 is 0 Å². The Bertz CT molecular complexity index is 246. The van der Waals surface area contributed by atoms with Crippen LogP contribution in [0.25, 0.3) is 0 Å². The summed E-state index contributed by atoms with van der Waals surface area (Å²) < 4.78 is 36.8. The van der Waals surface area contributed by atoms with Crippen LogP contribution in [0.5, 0.6) is 0 Å². The highest BCUT2D eigenvalue weighted by atomic mass is 35.5. The van der Waals surface area contributed by atoms with E-state index in [-0.39, 0.29) is 5.03 Å². The van der Waals surface area contributed by atoms with Crippen LogP contribution in [0.15, 0.2) is 34.9 Å². The van der Waals surface area contributed by atoms with Crippen LogP contribution in [-0.2, 0) is 0 Å². The topological polar surface area (TPSA) is 0 Å². The van der Waals surface area contributed by atoms with Crippen molar-refractivity contribution in [2.24, 2.45) is 0 Å². The van der Waals surface area contributed by atoms with Crippen molar-refractivity contribution in [3.05, 3.63) is 34.9 Å². The molecule has 0 aromatic carbocycles. The maximum atomic E-state index is 12.3. The van der Waals surface area contributed by atoms with Gasteiger partial charge in [0.2, 0.25) is 0 Å². The first-order valence-corrected chi connectivity index (χ1v) is 4.03. The standard InChI is InChI=1S/C9H10ClF3/c1-3-5-7(9(11,12)13)8(10)6-4-2/h3-6H,1-2H3/b5-3-,6-4+,8-7-. The minimum absolute atomic E-state index is 0.298. The molecule has 0 atom stereocenters. The second kappa shape index (κ2) is 5.12. The van der Waals surface area contributed by atoms with E-state index in [4.69, 9.17) is 11.6 Å². The molecule has 0 heterocycles.